The Bertz CT molecular complexity index is 155. The van der Waals surface area contributed by atoms with Gasteiger partial charge in [0.1, 0.15) is 0 Å². The predicted octanol–water partition coefficient (Wildman–Crippen LogP) is 3.10. The molecule has 0 amide bonds. The lowest BCUT2D eigenvalue weighted by molar-refractivity contribution is 0.464. The van der Waals surface area contributed by atoms with Gasteiger partial charge in [-0.3, -0.25) is 0 Å². The number of nitrogens with one attached hydrogen (secondary N) is 1. The Kier molecular flexibility index (Phi) is 66.1. The number of hydrogen-bond donors (Lipinski definition) is 1. The van der Waals surface area contributed by atoms with Gasteiger partial charge in [0.2, 0.25) is 0 Å². The monoisotopic (exact) mass is 260 g/mol. The summed E-state index contributed by atoms with van der Waals surface area (Å²) in [4.78, 5) is 0. The van der Waals surface area contributed by atoms with Crippen molar-refractivity contribution in [3.8, 4) is 0 Å². The Balaban J connectivity index is -0.0000000234. The first-order valence-electron chi connectivity index (χ1n) is 4.62. The van der Waals surface area contributed by atoms with Gasteiger partial charge in [-0.2, -0.15) is 0 Å². The molecule has 1 N–H and O–H groups in total. The molecule has 0 spiro atoms. The minimum Gasteiger partial charge on any atom is -0.748 e. The van der Waals surface area contributed by atoms with Gasteiger partial charge in [0.05, 0.1) is 10.1 Å². The molecule has 0 aliphatic carbocycles. The van der Waals surface area contributed by atoms with Crippen LogP contribution in [0.4, 0.5) is 0 Å². The first kappa shape index (κ1) is 36.0. The molecule has 0 aromatic rings. The third kappa shape index (κ3) is 96.9. The van der Waals surface area contributed by atoms with E-state index in [4.69, 9.17) is 0 Å². The molecule has 0 fully saturated rings. The summed E-state index contributed by atoms with van der Waals surface area (Å²) in [5.74, 6) is -0.312. The van der Waals surface area contributed by atoms with Crippen molar-refractivity contribution in [2.24, 2.45) is 0 Å². The van der Waals surface area contributed by atoms with Crippen molar-refractivity contribution in [3.05, 3.63) is 0 Å². The summed E-state index contributed by atoms with van der Waals surface area (Å²) in [5.41, 5.74) is 0. The summed E-state index contributed by atoms with van der Waals surface area (Å²) in [6.07, 6.45) is 0. The molecule has 0 unspecified atom stereocenters. The van der Waals surface area contributed by atoms with Gasteiger partial charge in [0.15, 0.2) is 0 Å². The number of rotatable bonds is 3. The highest BCUT2D eigenvalue weighted by Crippen LogP contribution is 1.73. The van der Waals surface area contributed by atoms with Crippen LogP contribution in [0.15, 0.2) is 0 Å². The third-order valence-electron chi connectivity index (χ3n) is 0.854. The van der Waals surface area contributed by atoms with E-state index in [0.29, 0.717) is 0 Å². The summed E-state index contributed by atoms with van der Waals surface area (Å²) in [7, 11) is -3.91. The minimum atomic E-state index is -3.91. The lowest BCUT2D eigenvalue weighted by Gasteiger charge is -1.97. The largest absolute Gasteiger partial charge is 0.748 e. The van der Waals surface area contributed by atoms with Crippen LogP contribution < -0.4 is 5.32 Å². The zero-order valence-corrected chi connectivity index (χ0v) is 10.1. The summed E-state index contributed by atoms with van der Waals surface area (Å²) in [6.45, 7) is 11.7. The van der Waals surface area contributed by atoms with E-state index >= 15 is 0 Å². The highest BCUT2D eigenvalue weighted by atomic mass is 32.2. The van der Waals surface area contributed by atoms with Crippen LogP contribution >= 0.6 is 0 Å². The molecule has 0 aliphatic rings. The molecule has 0 aromatic heterocycles. The Morgan fingerprint density at radius 2 is 1.12 bits per heavy atom. The molecular formula is C11H34NO3S-. The molecule has 5 heteroatoms. The molecule has 0 radical (unpaired) electrons. The first-order valence-corrected chi connectivity index (χ1v) is 6.19. The topological polar surface area (TPSA) is 69.2 Å². The van der Waals surface area contributed by atoms with Crippen molar-refractivity contribution < 1.29 is 13.0 Å². The van der Waals surface area contributed by atoms with E-state index in [2.05, 4.69) is 19.2 Å². The van der Waals surface area contributed by atoms with Gasteiger partial charge < -0.3 is 9.87 Å². The zero-order valence-electron chi connectivity index (χ0n) is 9.25. The van der Waals surface area contributed by atoms with Crippen LogP contribution in [-0.4, -0.2) is 31.8 Å². The normalized spacial score (nSPS) is 7.38. The second-order valence-corrected chi connectivity index (χ2v) is 3.50. The Morgan fingerprint density at radius 3 is 1.12 bits per heavy atom. The fraction of sp³-hybridized carbons (Fsp3) is 1.00. The lowest BCUT2D eigenvalue weighted by Crippen LogP contribution is -2.09. The van der Waals surface area contributed by atoms with Crippen LogP contribution in [0.1, 0.15) is 56.9 Å². The second-order valence-electron chi connectivity index (χ2n) is 1.80. The van der Waals surface area contributed by atoms with E-state index in [1.807, 2.05) is 13.8 Å². The summed E-state index contributed by atoms with van der Waals surface area (Å²) < 4.78 is 28.3. The van der Waals surface area contributed by atoms with E-state index in [1.165, 1.54) is 6.92 Å². The molecule has 16 heavy (non-hydrogen) atoms. The van der Waals surface area contributed by atoms with Crippen LogP contribution in [0.25, 0.3) is 0 Å². The van der Waals surface area contributed by atoms with E-state index in [9.17, 15) is 13.0 Å². The molecule has 0 aliphatic heterocycles. The fourth-order valence-electron chi connectivity index (χ4n) is 0.250. The third-order valence-corrected chi connectivity index (χ3v) is 1.56. The molecule has 0 atom stereocenters. The fourth-order valence-corrected chi connectivity index (χ4v) is 0.250. The van der Waals surface area contributed by atoms with E-state index < -0.39 is 10.1 Å². The maximum atomic E-state index is 9.44. The van der Waals surface area contributed by atoms with Gasteiger partial charge in [-0.1, -0.05) is 56.9 Å². The molecule has 0 heterocycles. The quantitative estimate of drug-likeness (QED) is 0.792. The second kappa shape index (κ2) is 29.4. The van der Waals surface area contributed by atoms with Gasteiger partial charge in [-0.05, 0) is 13.1 Å². The smallest absolute Gasteiger partial charge is 0.0943 e. The molecule has 0 bridgehead atoms. The maximum absolute atomic E-state index is 9.44. The average molecular weight is 260 g/mol. The van der Waals surface area contributed by atoms with Crippen molar-refractivity contribution in [2.75, 3.05) is 18.8 Å². The SMILES string of the molecule is C.C.C.CC.CCNCC.CCS(=O)(=O)[O-]. The van der Waals surface area contributed by atoms with E-state index in [0.717, 1.165) is 13.1 Å². The van der Waals surface area contributed by atoms with Crippen LogP contribution in [0.3, 0.4) is 0 Å². The summed E-state index contributed by atoms with van der Waals surface area (Å²) >= 11 is 0. The highest BCUT2D eigenvalue weighted by molar-refractivity contribution is 7.85. The van der Waals surface area contributed by atoms with Crippen LogP contribution in [0.2, 0.25) is 0 Å². The predicted molar refractivity (Wildman–Crippen MR) is 76.0 cm³/mol. The van der Waals surface area contributed by atoms with Gasteiger partial charge in [-0.25, -0.2) is 8.42 Å². The number of hydrogen-bond acceptors (Lipinski definition) is 4. The van der Waals surface area contributed by atoms with Crippen molar-refractivity contribution in [3.63, 3.8) is 0 Å². The van der Waals surface area contributed by atoms with Gasteiger partial charge in [-0.15, -0.1) is 0 Å². The Morgan fingerprint density at radius 1 is 0.938 bits per heavy atom. The summed E-state index contributed by atoms with van der Waals surface area (Å²) in [6, 6.07) is 0. The molecule has 0 rings (SSSR count). The summed E-state index contributed by atoms with van der Waals surface area (Å²) in [5, 5.41) is 3.11. The van der Waals surface area contributed by atoms with Crippen molar-refractivity contribution >= 4 is 10.1 Å². The molecule has 4 nitrogen and oxygen atoms in total. The van der Waals surface area contributed by atoms with E-state index in [1.54, 1.807) is 0 Å². The van der Waals surface area contributed by atoms with Crippen molar-refractivity contribution in [1.29, 1.82) is 0 Å². The van der Waals surface area contributed by atoms with Crippen LogP contribution in [-0.2, 0) is 10.1 Å². The van der Waals surface area contributed by atoms with Crippen molar-refractivity contribution in [2.45, 2.75) is 56.9 Å². The Labute approximate surface area is 105 Å². The molecule has 0 saturated heterocycles. The van der Waals surface area contributed by atoms with Gasteiger partial charge >= 0.3 is 0 Å². The van der Waals surface area contributed by atoms with Crippen LogP contribution in [0.5, 0.6) is 0 Å². The van der Waals surface area contributed by atoms with Crippen LogP contribution in [0, 0.1) is 0 Å². The van der Waals surface area contributed by atoms with Gasteiger partial charge in [0, 0.05) is 5.75 Å². The van der Waals surface area contributed by atoms with Gasteiger partial charge in [0.25, 0.3) is 0 Å². The van der Waals surface area contributed by atoms with Crippen molar-refractivity contribution in [1.82, 2.24) is 5.32 Å². The average Bonchev–Trinajstić information content (AvgIpc) is 2.09. The maximum Gasteiger partial charge on any atom is 0.0943 e. The minimum absolute atomic E-state index is 0. The lowest BCUT2D eigenvalue weighted by atomic mass is 10.7. The molecular weight excluding hydrogens is 226 g/mol. The standard InChI is InChI=1S/C4H11N.C2H6O3S.C2H6.3CH4/c1-3-5-4-2;1-2-6(3,4)5;1-2;;;/h5H,3-4H2,1-2H3;2H2,1H3,(H,3,4,5);1-2H3;3*1H4/p-1. The zero-order chi connectivity index (χ0) is 11.3. The highest BCUT2D eigenvalue weighted by Gasteiger charge is 1.80. The molecule has 0 aromatic carbocycles. The van der Waals surface area contributed by atoms with E-state index in [-0.39, 0.29) is 28.0 Å². The first-order chi connectivity index (χ1) is 5.97. The Hall–Kier alpha value is -0.130. The molecule has 0 saturated carbocycles. The molecule has 108 valence electrons.